The molecule has 3 saturated carbocycles. The van der Waals surface area contributed by atoms with Gasteiger partial charge in [0.15, 0.2) is 17.3 Å². The number of carbonyl (C=O) groups is 1. The van der Waals surface area contributed by atoms with Crippen LogP contribution < -0.4 is 5.32 Å². The van der Waals surface area contributed by atoms with Crippen molar-refractivity contribution < 1.29 is 35.5 Å². The highest BCUT2D eigenvalue weighted by Gasteiger charge is 2.48. The number of nitrogens with one attached hydrogen (secondary N) is 1. The van der Waals surface area contributed by atoms with Gasteiger partial charge in [0.05, 0.1) is 29.2 Å². The fourth-order valence-electron chi connectivity index (χ4n) is 7.01. The third-order valence-electron chi connectivity index (χ3n) is 9.27. The van der Waals surface area contributed by atoms with Crippen LogP contribution in [-0.2, 0) is 25.7 Å². The van der Waals surface area contributed by atoms with E-state index in [0.29, 0.717) is 0 Å². The Kier molecular flexibility index (Phi) is 7.49. The summed E-state index contributed by atoms with van der Waals surface area (Å²) in [6.07, 6.45) is 1.51. The number of carbonyl (C=O) groups excluding carboxylic acids is 1. The van der Waals surface area contributed by atoms with Gasteiger partial charge in [0.1, 0.15) is 11.3 Å². The molecule has 5 aromatic rings. The maximum Gasteiger partial charge on any atom is 0.417 e. The molecule has 2 atom stereocenters. The van der Waals surface area contributed by atoms with E-state index in [-0.39, 0.29) is 63.1 Å². The zero-order valence-corrected chi connectivity index (χ0v) is 26.1. The molecule has 47 heavy (non-hydrogen) atoms. The van der Waals surface area contributed by atoms with Crippen molar-refractivity contribution in [3.63, 3.8) is 0 Å². The highest BCUT2D eigenvalue weighted by atomic mass is 32.2. The summed E-state index contributed by atoms with van der Waals surface area (Å²) in [4.78, 5) is 21.8. The van der Waals surface area contributed by atoms with E-state index in [1.807, 2.05) is 6.92 Å². The van der Waals surface area contributed by atoms with E-state index < -0.39 is 39.5 Å². The Morgan fingerprint density at radius 3 is 2.45 bits per heavy atom. The molecule has 246 valence electrons. The zero-order chi connectivity index (χ0) is 33.2. The molecular formula is C32H30F4N6O4S. The smallest absolute Gasteiger partial charge is 0.417 e. The molecule has 0 aliphatic heterocycles. The number of halogens is 4. The molecule has 2 bridgehead atoms. The molecule has 0 spiro atoms. The number of pyridine rings is 1. The van der Waals surface area contributed by atoms with E-state index in [2.05, 4.69) is 20.4 Å². The predicted octanol–water partition coefficient (Wildman–Crippen LogP) is 6.23. The van der Waals surface area contributed by atoms with Crippen LogP contribution in [0.2, 0.25) is 0 Å². The second-order valence-electron chi connectivity index (χ2n) is 12.1. The number of rotatable bonds is 7. The first-order valence-electron chi connectivity index (χ1n) is 15.2. The van der Waals surface area contributed by atoms with Crippen molar-refractivity contribution in [2.75, 3.05) is 11.9 Å². The minimum atomic E-state index is -4.70. The average Bonchev–Trinajstić information content (AvgIpc) is 3.65. The second-order valence-corrected chi connectivity index (χ2v) is 14.0. The molecule has 1 aromatic carbocycles. The van der Waals surface area contributed by atoms with Gasteiger partial charge in [-0.15, -0.1) is 5.10 Å². The Bertz CT molecular complexity index is 2120. The summed E-state index contributed by atoms with van der Waals surface area (Å²) >= 11 is 0. The van der Waals surface area contributed by atoms with E-state index in [0.717, 1.165) is 64.3 Å². The number of aromatic nitrogens is 5. The van der Waals surface area contributed by atoms with Crippen LogP contribution in [0.5, 0.6) is 0 Å². The monoisotopic (exact) mass is 670 g/mol. The first-order valence-corrected chi connectivity index (χ1v) is 16.7. The molecule has 10 nitrogen and oxygen atoms in total. The molecule has 1 N–H and O–H groups in total. The Hall–Kier alpha value is -4.53. The summed E-state index contributed by atoms with van der Waals surface area (Å²) in [6.45, 7) is 3.71. The number of hydrogen-bond acceptors (Lipinski definition) is 8. The van der Waals surface area contributed by atoms with E-state index >= 15 is 0 Å². The number of anilines is 1. The van der Waals surface area contributed by atoms with E-state index in [4.69, 9.17) is 4.74 Å². The Balaban J connectivity index is 1.41. The van der Waals surface area contributed by atoms with Crippen molar-refractivity contribution in [1.82, 2.24) is 23.6 Å². The van der Waals surface area contributed by atoms with E-state index in [9.17, 15) is 30.8 Å². The van der Waals surface area contributed by atoms with Crippen LogP contribution >= 0.6 is 0 Å². The summed E-state index contributed by atoms with van der Waals surface area (Å²) in [7, 11) is -4.25. The van der Waals surface area contributed by atoms with Crippen LogP contribution in [0.3, 0.4) is 0 Å². The van der Waals surface area contributed by atoms with Crippen molar-refractivity contribution in [2.45, 2.75) is 56.6 Å². The summed E-state index contributed by atoms with van der Waals surface area (Å²) in [5, 5.41) is 7.67. The number of aryl methyl sites for hydroxylation is 1. The van der Waals surface area contributed by atoms with Gasteiger partial charge in [-0.25, -0.2) is 31.3 Å². The van der Waals surface area contributed by atoms with Crippen molar-refractivity contribution >= 4 is 38.4 Å². The van der Waals surface area contributed by atoms with Crippen molar-refractivity contribution in [3.05, 3.63) is 71.9 Å². The number of ether oxygens (including phenoxy) is 1. The van der Waals surface area contributed by atoms with Crippen LogP contribution in [0, 0.1) is 30.5 Å². The number of alkyl halides is 3. The first-order chi connectivity index (χ1) is 22.3. The van der Waals surface area contributed by atoms with Gasteiger partial charge >= 0.3 is 12.1 Å². The normalized spacial score (nSPS) is 21.4. The fraction of sp³-hybridized carbons (Fsp3) is 0.375. The summed E-state index contributed by atoms with van der Waals surface area (Å²) in [5.41, 5.74) is -0.218. The number of fused-ring (bicyclic) bond motifs is 5. The molecular weight excluding hydrogens is 640 g/mol. The standard InChI is InChI=1S/C32H30F4N6O4S/c1-3-46-31(43)26-18-6-8-19(9-7-18)27(26)38-29-25-12-20(32(34,35)36)15-41(25)40-28(39-29)24-16-42(30-23(24)13-21(33)14-37-30)47(44,45)22-10-4-17(2)5-11-22/h4-5,10-16,18-19,26-27H,3,6-9H2,1-2H3,(H,38,39,40)/t18?,19?,26-,27-/m0/s1. The Labute approximate surface area is 266 Å². The van der Waals surface area contributed by atoms with Crippen LogP contribution in [0.4, 0.5) is 23.4 Å². The average molecular weight is 671 g/mol. The molecule has 3 aliphatic rings. The maximum absolute atomic E-state index is 14.6. The van der Waals surface area contributed by atoms with Crippen LogP contribution in [0.15, 0.2) is 59.9 Å². The number of esters is 1. The predicted molar refractivity (Wildman–Crippen MR) is 163 cm³/mol. The second kappa shape index (κ2) is 11.3. The highest BCUT2D eigenvalue weighted by Crippen LogP contribution is 2.47. The zero-order valence-electron chi connectivity index (χ0n) is 25.3. The van der Waals surface area contributed by atoms with Crippen molar-refractivity contribution in [2.24, 2.45) is 17.8 Å². The van der Waals surface area contributed by atoms with Gasteiger partial charge in [0.2, 0.25) is 0 Å². The van der Waals surface area contributed by atoms with E-state index in [1.165, 1.54) is 18.3 Å². The minimum absolute atomic E-state index is 0.00505. The lowest BCUT2D eigenvalue weighted by Gasteiger charge is -2.47. The molecule has 3 aliphatic carbocycles. The van der Waals surface area contributed by atoms with Crippen molar-refractivity contribution in [3.8, 4) is 11.4 Å². The lowest BCUT2D eigenvalue weighted by atomic mass is 9.61. The largest absolute Gasteiger partial charge is 0.466 e. The molecule has 4 aromatic heterocycles. The lowest BCUT2D eigenvalue weighted by molar-refractivity contribution is -0.154. The third kappa shape index (κ3) is 5.39. The third-order valence-corrected chi connectivity index (χ3v) is 10.9. The van der Waals surface area contributed by atoms with E-state index in [1.54, 1.807) is 19.1 Å². The molecule has 0 radical (unpaired) electrons. The summed E-state index contributed by atoms with van der Waals surface area (Å²) in [5.74, 6) is -1.73. The summed E-state index contributed by atoms with van der Waals surface area (Å²) in [6, 6.07) is 7.65. The number of benzene rings is 1. The maximum atomic E-state index is 14.6. The molecule has 0 unspecified atom stereocenters. The molecule has 15 heteroatoms. The quantitative estimate of drug-likeness (QED) is 0.160. The topological polar surface area (TPSA) is 120 Å². The molecule has 0 amide bonds. The molecule has 4 heterocycles. The van der Waals surface area contributed by atoms with Gasteiger partial charge in [-0.05, 0) is 75.6 Å². The molecule has 8 rings (SSSR count). The molecule has 0 saturated heterocycles. The first kappa shape index (κ1) is 31.1. The fourth-order valence-corrected chi connectivity index (χ4v) is 8.33. The SMILES string of the molecule is CCOC(=O)[C@H]1C2CCC(CC2)[C@@H]1Nc1nc(-c2cn(S(=O)(=O)c3ccc(C)cc3)c3ncc(F)cc23)nn2cc(C(F)(F)F)cc12. The Morgan fingerprint density at radius 2 is 1.77 bits per heavy atom. The van der Waals surface area contributed by atoms with Crippen LogP contribution in [0.25, 0.3) is 27.9 Å². The van der Waals surface area contributed by atoms with Gasteiger partial charge < -0.3 is 10.1 Å². The van der Waals surface area contributed by atoms with Crippen molar-refractivity contribution in [1.29, 1.82) is 0 Å². The number of hydrogen-bond donors (Lipinski definition) is 1. The van der Waals surface area contributed by atoms with Gasteiger partial charge in [0.25, 0.3) is 10.0 Å². The van der Waals surface area contributed by atoms with Gasteiger partial charge in [-0.2, -0.15) is 13.2 Å². The van der Waals surface area contributed by atoms with Crippen LogP contribution in [-0.4, -0.2) is 50.6 Å². The van der Waals surface area contributed by atoms with Gasteiger partial charge in [-0.1, -0.05) is 17.7 Å². The summed E-state index contributed by atoms with van der Waals surface area (Å²) < 4.78 is 91.2. The number of nitrogens with zero attached hydrogens (tertiary/aromatic N) is 5. The Morgan fingerprint density at radius 1 is 1.06 bits per heavy atom. The van der Waals surface area contributed by atoms with Gasteiger partial charge in [-0.3, -0.25) is 4.79 Å². The minimum Gasteiger partial charge on any atom is -0.466 e. The molecule has 3 fully saturated rings. The lowest BCUT2D eigenvalue weighted by Crippen LogP contribution is -2.52. The highest BCUT2D eigenvalue weighted by molar-refractivity contribution is 7.90. The van der Waals surface area contributed by atoms with Gasteiger partial charge in [0, 0.05) is 29.4 Å². The van der Waals surface area contributed by atoms with Crippen LogP contribution in [0.1, 0.15) is 43.7 Å².